The molecule has 2 N–H and O–H groups in total. The van der Waals surface area contributed by atoms with E-state index in [0.29, 0.717) is 11.6 Å². The van der Waals surface area contributed by atoms with Crippen molar-refractivity contribution in [2.45, 2.75) is 32.2 Å². The Balaban J connectivity index is 2.14. The molecule has 1 saturated carbocycles. The van der Waals surface area contributed by atoms with E-state index in [1.807, 2.05) is 24.0 Å². The Morgan fingerprint density at radius 2 is 2.06 bits per heavy atom. The summed E-state index contributed by atoms with van der Waals surface area (Å²) in [5, 5.41) is 0. The monoisotopic (exact) mass is 236 g/mol. The number of likely N-dealkylation sites (N-methyl/N-ethyl adjacent to an activating group) is 1. The molecule has 1 aromatic rings. The molecule has 17 heavy (non-hydrogen) atoms. The Morgan fingerprint density at radius 1 is 1.41 bits per heavy atom. The highest BCUT2D eigenvalue weighted by atomic mass is 19.1. The van der Waals surface area contributed by atoms with Gasteiger partial charge < -0.3 is 10.6 Å². The smallest absolute Gasteiger partial charge is 0.146 e. The molecule has 0 bridgehead atoms. The van der Waals surface area contributed by atoms with Crippen molar-refractivity contribution in [1.82, 2.24) is 0 Å². The van der Waals surface area contributed by atoms with Crippen LogP contribution in [-0.2, 0) is 0 Å². The normalized spacial score (nSPS) is 18.8. The van der Waals surface area contributed by atoms with Gasteiger partial charge in [0.25, 0.3) is 0 Å². The third-order valence-electron chi connectivity index (χ3n) is 3.62. The van der Waals surface area contributed by atoms with Crippen LogP contribution >= 0.6 is 0 Å². The standard InChI is InChI=1S/C14H21FN2/c1-3-17(10-14(2,16)11-8-9-11)13-7-5-4-6-12(13)15/h4-7,11H,3,8-10,16H2,1-2H3. The number of para-hydroxylation sites is 1. The maximum Gasteiger partial charge on any atom is 0.146 e. The van der Waals surface area contributed by atoms with Crippen LogP contribution in [-0.4, -0.2) is 18.6 Å². The van der Waals surface area contributed by atoms with E-state index in [9.17, 15) is 4.39 Å². The number of nitrogens with two attached hydrogens (primary N) is 1. The summed E-state index contributed by atoms with van der Waals surface area (Å²) in [5.74, 6) is 0.435. The number of anilines is 1. The zero-order chi connectivity index (χ0) is 12.5. The number of rotatable bonds is 5. The van der Waals surface area contributed by atoms with Gasteiger partial charge in [-0.25, -0.2) is 4.39 Å². The Bertz CT molecular complexity index is 386. The van der Waals surface area contributed by atoms with E-state index in [0.717, 1.165) is 13.1 Å². The van der Waals surface area contributed by atoms with Gasteiger partial charge in [-0.05, 0) is 44.7 Å². The predicted octanol–water partition coefficient (Wildman–Crippen LogP) is 2.78. The molecule has 0 aliphatic heterocycles. The molecule has 3 heteroatoms. The lowest BCUT2D eigenvalue weighted by atomic mass is 9.96. The first-order valence-electron chi connectivity index (χ1n) is 6.33. The second-order valence-electron chi connectivity index (χ2n) is 5.25. The molecule has 0 aromatic heterocycles. The Kier molecular flexibility index (Phi) is 3.38. The average molecular weight is 236 g/mol. The van der Waals surface area contributed by atoms with Crippen molar-refractivity contribution in [3.05, 3.63) is 30.1 Å². The Hall–Kier alpha value is -1.09. The van der Waals surface area contributed by atoms with E-state index in [1.54, 1.807) is 6.07 Å². The van der Waals surface area contributed by atoms with E-state index in [-0.39, 0.29) is 11.4 Å². The molecule has 0 spiro atoms. The molecular formula is C14H21FN2. The molecule has 1 aliphatic rings. The maximum absolute atomic E-state index is 13.7. The number of hydrogen-bond donors (Lipinski definition) is 1. The summed E-state index contributed by atoms with van der Waals surface area (Å²) in [6, 6.07) is 6.91. The van der Waals surface area contributed by atoms with Crippen LogP contribution in [0, 0.1) is 11.7 Å². The molecule has 2 rings (SSSR count). The fraction of sp³-hybridized carbons (Fsp3) is 0.571. The van der Waals surface area contributed by atoms with E-state index >= 15 is 0 Å². The van der Waals surface area contributed by atoms with Gasteiger partial charge >= 0.3 is 0 Å². The highest BCUT2D eigenvalue weighted by Gasteiger charge is 2.39. The van der Waals surface area contributed by atoms with Gasteiger partial charge in [0, 0.05) is 18.6 Å². The van der Waals surface area contributed by atoms with Crippen molar-refractivity contribution in [3.63, 3.8) is 0 Å². The number of benzene rings is 1. The Labute approximate surface area is 103 Å². The van der Waals surface area contributed by atoms with Crippen LogP contribution in [0.25, 0.3) is 0 Å². The van der Waals surface area contributed by atoms with Crippen LogP contribution < -0.4 is 10.6 Å². The molecule has 1 unspecified atom stereocenters. The molecule has 1 fully saturated rings. The van der Waals surface area contributed by atoms with E-state index < -0.39 is 0 Å². The molecule has 0 radical (unpaired) electrons. The number of halogens is 1. The third-order valence-corrected chi connectivity index (χ3v) is 3.62. The largest absolute Gasteiger partial charge is 0.368 e. The Morgan fingerprint density at radius 3 is 2.59 bits per heavy atom. The topological polar surface area (TPSA) is 29.3 Å². The summed E-state index contributed by atoms with van der Waals surface area (Å²) < 4.78 is 13.7. The first-order valence-corrected chi connectivity index (χ1v) is 6.33. The lowest BCUT2D eigenvalue weighted by Gasteiger charge is -2.33. The molecule has 0 amide bonds. The van der Waals surface area contributed by atoms with E-state index in [4.69, 9.17) is 5.73 Å². The van der Waals surface area contributed by atoms with Crippen LogP contribution in [0.3, 0.4) is 0 Å². The van der Waals surface area contributed by atoms with Gasteiger partial charge in [0.2, 0.25) is 0 Å². The summed E-state index contributed by atoms with van der Waals surface area (Å²) in [5.41, 5.74) is 6.77. The molecule has 1 aliphatic carbocycles. The van der Waals surface area contributed by atoms with Gasteiger partial charge in [-0.1, -0.05) is 12.1 Å². The van der Waals surface area contributed by atoms with Crippen molar-refractivity contribution in [3.8, 4) is 0 Å². The van der Waals surface area contributed by atoms with Gasteiger partial charge in [-0.2, -0.15) is 0 Å². The maximum atomic E-state index is 13.7. The lowest BCUT2D eigenvalue weighted by molar-refractivity contribution is 0.405. The SMILES string of the molecule is CCN(CC(C)(N)C1CC1)c1ccccc1F. The van der Waals surface area contributed by atoms with Crippen LogP contribution in [0.5, 0.6) is 0 Å². The van der Waals surface area contributed by atoms with Gasteiger partial charge in [-0.3, -0.25) is 0 Å². The molecule has 1 atom stereocenters. The van der Waals surface area contributed by atoms with Crippen molar-refractivity contribution in [2.75, 3.05) is 18.0 Å². The summed E-state index contributed by atoms with van der Waals surface area (Å²) >= 11 is 0. The van der Waals surface area contributed by atoms with Gasteiger partial charge in [0.05, 0.1) is 5.69 Å². The molecule has 1 aromatic carbocycles. The molecule has 0 heterocycles. The fourth-order valence-electron chi connectivity index (χ4n) is 2.36. The van der Waals surface area contributed by atoms with Gasteiger partial charge in [-0.15, -0.1) is 0 Å². The molecule has 0 saturated heterocycles. The first kappa shape index (κ1) is 12.4. The minimum atomic E-state index is -0.210. The number of hydrogen-bond acceptors (Lipinski definition) is 2. The highest BCUT2D eigenvalue weighted by molar-refractivity contribution is 5.48. The quantitative estimate of drug-likeness (QED) is 0.851. The molecule has 94 valence electrons. The third kappa shape index (κ3) is 2.78. The summed E-state index contributed by atoms with van der Waals surface area (Å²) in [6.07, 6.45) is 2.42. The van der Waals surface area contributed by atoms with Crippen molar-refractivity contribution in [1.29, 1.82) is 0 Å². The van der Waals surface area contributed by atoms with E-state index in [1.165, 1.54) is 18.9 Å². The minimum Gasteiger partial charge on any atom is -0.368 e. The molecular weight excluding hydrogens is 215 g/mol. The van der Waals surface area contributed by atoms with Gasteiger partial charge in [0.1, 0.15) is 5.82 Å². The van der Waals surface area contributed by atoms with Crippen LogP contribution in [0.1, 0.15) is 26.7 Å². The lowest BCUT2D eigenvalue weighted by Crippen LogP contribution is -2.50. The van der Waals surface area contributed by atoms with Crippen LogP contribution in [0.2, 0.25) is 0 Å². The van der Waals surface area contributed by atoms with Crippen molar-refractivity contribution in [2.24, 2.45) is 11.7 Å². The summed E-state index contributed by atoms with van der Waals surface area (Å²) in [4.78, 5) is 2.04. The van der Waals surface area contributed by atoms with Gasteiger partial charge in [0.15, 0.2) is 0 Å². The summed E-state index contributed by atoms with van der Waals surface area (Å²) in [7, 11) is 0. The highest BCUT2D eigenvalue weighted by Crippen LogP contribution is 2.39. The van der Waals surface area contributed by atoms with Crippen LogP contribution in [0.4, 0.5) is 10.1 Å². The fourth-order valence-corrected chi connectivity index (χ4v) is 2.36. The number of nitrogens with zero attached hydrogens (tertiary/aromatic N) is 1. The first-order chi connectivity index (χ1) is 8.04. The van der Waals surface area contributed by atoms with Crippen molar-refractivity contribution < 1.29 is 4.39 Å². The molecule has 2 nitrogen and oxygen atoms in total. The predicted molar refractivity (Wildman–Crippen MR) is 69.6 cm³/mol. The zero-order valence-corrected chi connectivity index (χ0v) is 10.6. The zero-order valence-electron chi connectivity index (χ0n) is 10.6. The average Bonchev–Trinajstić information content (AvgIpc) is 3.11. The minimum absolute atomic E-state index is 0.166. The van der Waals surface area contributed by atoms with Crippen LogP contribution in [0.15, 0.2) is 24.3 Å². The van der Waals surface area contributed by atoms with E-state index in [2.05, 4.69) is 6.92 Å². The second kappa shape index (κ2) is 4.65. The summed E-state index contributed by atoms with van der Waals surface area (Å²) in [6.45, 7) is 5.61. The second-order valence-corrected chi connectivity index (χ2v) is 5.25. The van der Waals surface area contributed by atoms with Crippen molar-refractivity contribution >= 4 is 5.69 Å².